The van der Waals surface area contributed by atoms with Crippen LogP contribution in [-0.2, 0) is 0 Å². The number of fused-ring (bicyclic) bond motifs is 2. The van der Waals surface area contributed by atoms with Crippen molar-refractivity contribution in [1.29, 1.82) is 0 Å². The Labute approximate surface area is 120 Å². The molecule has 1 aliphatic rings. The number of carboxylic acid groups (broad SMARTS) is 1. The van der Waals surface area contributed by atoms with Gasteiger partial charge in [0.2, 0.25) is 0 Å². The summed E-state index contributed by atoms with van der Waals surface area (Å²) in [5.74, 6) is 0.0627. The summed E-state index contributed by atoms with van der Waals surface area (Å²) in [6.45, 7) is 0. The molecule has 2 aromatic rings. The zero-order valence-corrected chi connectivity index (χ0v) is 10.7. The summed E-state index contributed by atoms with van der Waals surface area (Å²) in [6, 6.07) is 9.12. The summed E-state index contributed by atoms with van der Waals surface area (Å²) in [5.41, 5.74) is 0.229. The molecule has 4 heteroatoms. The van der Waals surface area contributed by atoms with Gasteiger partial charge in [-0.2, -0.15) is 0 Å². The summed E-state index contributed by atoms with van der Waals surface area (Å²) in [7, 11) is 0. The number of terminal acetylenes is 1. The summed E-state index contributed by atoms with van der Waals surface area (Å²) in [6.07, 6.45) is 5.29. The molecule has 0 saturated carbocycles. The Bertz CT molecular complexity index is 869. The molecule has 0 aromatic heterocycles. The SMILES string of the molecule is C#Cc1ccc2c(c1C(=O)O)C(=O)c1ccccc1C2=O. The van der Waals surface area contributed by atoms with Crippen LogP contribution < -0.4 is 0 Å². The topological polar surface area (TPSA) is 71.4 Å². The molecule has 0 aliphatic heterocycles. The molecule has 1 N–H and O–H groups in total. The van der Waals surface area contributed by atoms with Gasteiger partial charge < -0.3 is 5.11 Å². The van der Waals surface area contributed by atoms with Crippen LogP contribution in [0.4, 0.5) is 0 Å². The Kier molecular flexibility index (Phi) is 2.70. The highest BCUT2D eigenvalue weighted by Gasteiger charge is 2.34. The highest BCUT2D eigenvalue weighted by atomic mass is 16.4. The lowest BCUT2D eigenvalue weighted by atomic mass is 9.80. The second-order valence-electron chi connectivity index (χ2n) is 4.56. The van der Waals surface area contributed by atoms with E-state index in [1.807, 2.05) is 0 Å². The van der Waals surface area contributed by atoms with E-state index in [0.717, 1.165) is 0 Å². The standard InChI is InChI=1S/C17H8O4/c1-2-9-7-8-12-14(13(9)17(20)21)16(19)11-6-4-3-5-10(11)15(12)18/h1,3-8H,(H,20,21). The van der Waals surface area contributed by atoms with Gasteiger partial charge in [-0.3, -0.25) is 9.59 Å². The highest BCUT2D eigenvalue weighted by Crippen LogP contribution is 2.31. The van der Waals surface area contributed by atoms with Gasteiger partial charge >= 0.3 is 5.97 Å². The van der Waals surface area contributed by atoms with Crippen LogP contribution in [0.2, 0.25) is 0 Å². The smallest absolute Gasteiger partial charge is 0.337 e. The summed E-state index contributed by atoms with van der Waals surface area (Å²) < 4.78 is 0. The molecule has 21 heavy (non-hydrogen) atoms. The molecule has 3 rings (SSSR count). The van der Waals surface area contributed by atoms with Gasteiger partial charge in [0.25, 0.3) is 0 Å². The molecule has 0 fully saturated rings. The van der Waals surface area contributed by atoms with Gasteiger partial charge in [-0.25, -0.2) is 4.79 Å². The van der Waals surface area contributed by atoms with E-state index in [2.05, 4.69) is 5.92 Å². The zero-order valence-electron chi connectivity index (χ0n) is 10.7. The number of hydrogen-bond donors (Lipinski definition) is 1. The number of rotatable bonds is 1. The van der Waals surface area contributed by atoms with Gasteiger partial charge in [-0.05, 0) is 12.1 Å². The molecule has 0 spiro atoms. The zero-order chi connectivity index (χ0) is 15.1. The summed E-state index contributed by atoms with van der Waals surface area (Å²) in [5, 5.41) is 9.35. The second kappa shape index (κ2) is 4.43. The van der Waals surface area contributed by atoms with Gasteiger partial charge in [0.15, 0.2) is 11.6 Å². The van der Waals surface area contributed by atoms with E-state index in [1.54, 1.807) is 18.2 Å². The van der Waals surface area contributed by atoms with E-state index in [1.165, 1.54) is 18.2 Å². The van der Waals surface area contributed by atoms with Crippen LogP contribution in [-0.4, -0.2) is 22.6 Å². The molecule has 0 amide bonds. The monoisotopic (exact) mass is 276 g/mol. The van der Waals surface area contributed by atoms with Crippen LogP contribution >= 0.6 is 0 Å². The first-order valence-corrected chi connectivity index (χ1v) is 6.11. The molecular formula is C17H8O4. The minimum Gasteiger partial charge on any atom is -0.478 e. The third-order valence-corrected chi connectivity index (χ3v) is 3.46. The third kappa shape index (κ3) is 1.68. The molecule has 0 heterocycles. The number of ketones is 2. The molecule has 0 radical (unpaired) electrons. The van der Waals surface area contributed by atoms with Crippen molar-refractivity contribution in [3.05, 3.63) is 69.8 Å². The predicted molar refractivity (Wildman–Crippen MR) is 74.6 cm³/mol. The number of hydrogen-bond acceptors (Lipinski definition) is 3. The Morgan fingerprint density at radius 2 is 1.57 bits per heavy atom. The summed E-state index contributed by atoms with van der Waals surface area (Å²) in [4.78, 5) is 36.5. The Balaban J connectivity index is 2.42. The number of carbonyl (C=O) groups excluding carboxylic acids is 2. The molecule has 4 nitrogen and oxygen atoms in total. The number of benzene rings is 2. The van der Waals surface area contributed by atoms with Gasteiger partial charge in [0.05, 0.1) is 5.56 Å². The minimum absolute atomic E-state index is 0.0788. The average Bonchev–Trinajstić information content (AvgIpc) is 2.51. The molecule has 0 unspecified atom stereocenters. The Morgan fingerprint density at radius 1 is 0.952 bits per heavy atom. The van der Waals surface area contributed by atoms with E-state index in [-0.39, 0.29) is 39.2 Å². The van der Waals surface area contributed by atoms with E-state index in [4.69, 9.17) is 6.42 Å². The van der Waals surface area contributed by atoms with Gasteiger partial charge in [0, 0.05) is 27.8 Å². The highest BCUT2D eigenvalue weighted by molar-refractivity contribution is 6.30. The fourth-order valence-corrected chi connectivity index (χ4v) is 2.53. The van der Waals surface area contributed by atoms with Crippen LogP contribution in [0.3, 0.4) is 0 Å². The van der Waals surface area contributed by atoms with Crippen molar-refractivity contribution >= 4 is 17.5 Å². The predicted octanol–water partition coefficient (Wildman–Crippen LogP) is 2.14. The lowest BCUT2D eigenvalue weighted by Gasteiger charge is -2.19. The lowest BCUT2D eigenvalue weighted by Crippen LogP contribution is -2.24. The molecule has 0 saturated heterocycles. The second-order valence-corrected chi connectivity index (χ2v) is 4.56. The first kappa shape index (κ1) is 12.8. The molecule has 100 valence electrons. The summed E-state index contributed by atoms with van der Waals surface area (Å²) >= 11 is 0. The fourth-order valence-electron chi connectivity index (χ4n) is 2.53. The first-order chi connectivity index (χ1) is 10.1. The maximum Gasteiger partial charge on any atom is 0.337 e. The molecule has 1 aliphatic carbocycles. The van der Waals surface area contributed by atoms with Crippen molar-refractivity contribution in [3.8, 4) is 12.3 Å². The first-order valence-electron chi connectivity index (χ1n) is 6.11. The van der Waals surface area contributed by atoms with Gasteiger partial charge in [0.1, 0.15) is 0 Å². The molecule has 0 bridgehead atoms. The van der Waals surface area contributed by atoms with Crippen molar-refractivity contribution in [2.24, 2.45) is 0 Å². The van der Waals surface area contributed by atoms with E-state index >= 15 is 0 Å². The maximum absolute atomic E-state index is 12.6. The van der Waals surface area contributed by atoms with E-state index < -0.39 is 11.8 Å². The van der Waals surface area contributed by atoms with Crippen LogP contribution in [0, 0.1) is 12.3 Å². The number of carbonyl (C=O) groups is 3. The van der Waals surface area contributed by atoms with Gasteiger partial charge in [-0.1, -0.05) is 30.2 Å². The van der Waals surface area contributed by atoms with Crippen LogP contribution in [0.1, 0.15) is 47.8 Å². The molecule has 0 atom stereocenters. The van der Waals surface area contributed by atoms with E-state index in [9.17, 15) is 19.5 Å². The van der Waals surface area contributed by atoms with Gasteiger partial charge in [-0.15, -0.1) is 6.42 Å². The molecule has 2 aromatic carbocycles. The lowest BCUT2D eigenvalue weighted by molar-refractivity contribution is 0.0692. The molecular weight excluding hydrogens is 268 g/mol. The van der Waals surface area contributed by atoms with Crippen molar-refractivity contribution < 1.29 is 19.5 Å². The van der Waals surface area contributed by atoms with Crippen molar-refractivity contribution in [1.82, 2.24) is 0 Å². The van der Waals surface area contributed by atoms with Crippen LogP contribution in [0.25, 0.3) is 0 Å². The van der Waals surface area contributed by atoms with Crippen molar-refractivity contribution in [2.75, 3.05) is 0 Å². The largest absolute Gasteiger partial charge is 0.478 e. The van der Waals surface area contributed by atoms with Crippen molar-refractivity contribution in [2.45, 2.75) is 0 Å². The number of carboxylic acids is 1. The van der Waals surface area contributed by atoms with Crippen LogP contribution in [0.15, 0.2) is 36.4 Å². The van der Waals surface area contributed by atoms with E-state index in [0.29, 0.717) is 0 Å². The number of aromatic carboxylic acids is 1. The maximum atomic E-state index is 12.6. The third-order valence-electron chi connectivity index (χ3n) is 3.46. The normalized spacial score (nSPS) is 12.3. The minimum atomic E-state index is -1.32. The van der Waals surface area contributed by atoms with Crippen LogP contribution in [0.5, 0.6) is 0 Å². The van der Waals surface area contributed by atoms with Crippen molar-refractivity contribution in [3.63, 3.8) is 0 Å². The average molecular weight is 276 g/mol. The fraction of sp³-hybridized carbons (Fsp3) is 0. The Morgan fingerprint density at radius 3 is 2.14 bits per heavy atom. The quantitative estimate of drug-likeness (QED) is 0.691. The Hall–Kier alpha value is -3.19.